The highest BCUT2D eigenvalue weighted by Crippen LogP contribution is 2.28. The van der Waals surface area contributed by atoms with E-state index in [0.717, 1.165) is 48.9 Å². The van der Waals surface area contributed by atoms with Gasteiger partial charge in [0, 0.05) is 13.1 Å². The SMILES string of the molecule is C=C(Br)CCN1CCCC(c2cccc(C(=O)O)c2)C1. The topological polar surface area (TPSA) is 40.5 Å². The third kappa shape index (κ3) is 4.18. The number of likely N-dealkylation sites (tertiary alicyclic amines) is 1. The number of piperidine rings is 1. The molecule has 1 saturated heterocycles. The number of aromatic carboxylic acids is 1. The number of nitrogens with zero attached hydrogens (tertiary/aromatic N) is 1. The van der Waals surface area contributed by atoms with E-state index in [0.29, 0.717) is 11.5 Å². The molecule has 0 saturated carbocycles. The summed E-state index contributed by atoms with van der Waals surface area (Å²) in [6.45, 7) is 7.01. The molecule has 3 nitrogen and oxygen atoms in total. The zero-order valence-electron chi connectivity index (χ0n) is 11.5. The van der Waals surface area contributed by atoms with Gasteiger partial charge in [-0.2, -0.15) is 0 Å². The Morgan fingerprint density at radius 1 is 1.50 bits per heavy atom. The van der Waals surface area contributed by atoms with Gasteiger partial charge in [-0.15, -0.1) is 0 Å². The molecule has 0 bridgehead atoms. The molecule has 1 heterocycles. The molecule has 1 aromatic carbocycles. The second kappa shape index (κ2) is 7.04. The van der Waals surface area contributed by atoms with Gasteiger partial charge in [-0.3, -0.25) is 0 Å². The van der Waals surface area contributed by atoms with Crippen molar-refractivity contribution in [1.82, 2.24) is 4.90 Å². The summed E-state index contributed by atoms with van der Waals surface area (Å²) in [6, 6.07) is 7.36. The smallest absolute Gasteiger partial charge is 0.335 e. The minimum absolute atomic E-state index is 0.383. The third-order valence-electron chi connectivity index (χ3n) is 3.81. The van der Waals surface area contributed by atoms with Crippen molar-refractivity contribution in [2.75, 3.05) is 19.6 Å². The minimum Gasteiger partial charge on any atom is -0.478 e. The molecule has 108 valence electrons. The van der Waals surface area contributed by atoms with E-state index in [1.807, 2.05) is 18.2 Å². The Hall–Kier alpha value is -1.13. The molecular weight excluding hydrogens is 318 g/mol. The molecular formula is C16H20BrNO2. The molecule has 0 aromatic heterocycles. The maximum atomic E-state index is 11.1. The Morgan fingerprint density at radius 3 is 3.00 bits per heavy atom. The average molecular weight is 338 g/mol. The first-order valence-electron chi connectivity index (χ1n) is 6.95. The lowest BCUT2D eigenvalue weighted by molar-refractivity contribution is 0.0696. The van der Waals surface area contributed by atoms with E-state index in [1.165, 1.54) is 0 Å². The van der Waals surface area contributed by atoms with Crippen molar-refractivity contribution in [3.8, 4) is 0 Å². The zero-order chi connectivity index (χ0) is 14.5. The summed E-state index contributed by atoms with van der Waals surface area (Å²) < 4.78 is 1.03. The van der Waals surface area contributed by atoms with Crippen molar-refractivity contribution in [2.45, 2.75) is 25.2 Å². The van der Waals surface area contributed by atoms with Crippen LogP contribution in [0.25, 0.3) is 0 Å². The summed E-state index contributed by atoms with van der Waals surface area (Å²) in [7, 11) is 0. The summed E-state index contributed by atoms with van der Waals surface area (Å²) in [4.78, 5) is 13.5. The predicted octanol–water partition coefficient (Wildman–Crippen LogP) is 3.86. The fraction of sp³-hybridized carbons (Fsp3) is 0.438. The molecule has 1 atom stereocenters. The fourth-order valence-electron chi connectivity index (χ4n) is 2.74. The second-order valence-corrected chi connectivity index (χ2v) is 6.46. The Bertz CT molecular complexity index is 501. The molecule has 1 aliphatic rings. The Balaban J connectivity index is 2.03. The normalized spacial score (nSPS) is 19.8. The lowest BCUT2D eigenvalue weighted by Gasteiger charge is -2.33. The second-order valence-electron chi connectivity index (χ2n) is 5.34. The van der Waals surface area contributed by atoms with Crippen LogP contribution in [-0.2, 0) is 0 Å². The van der Waals surface area contributed by atoms with Gasteiger partial charge in [0.05, 0.1) is 5.56 Å². The van der Waals surface area contributed by atoms with E-state index in [2.05, 4.69) is 27.4 Å². The highest BCUT2D eigenvalue weighted by atomic mass is 79.9. The van der Waals surface area contributed by atoms with Gasteiger partial charge in [-0.1, -0.05) is 34.6 Å². The van der Waals surface area contributed by atoms with E-state index in [1.54, 1.807) is 6.07 Å². The van der Waals surface area contributed by atoms with Gasteiger partial charge in [0.2, 0.25) is 0 Å². The van der Waals surface area contributed by atoms with Crippen LogP contribution >= 0.6 is 15.9 Å². The number of carboxylic acid groups (broad SMARTS) is 1. The van der Waals surface area contributed by atoms with Gasteiger partial charge >= 0.3 is 5.97 Å². The maximum Gasteiger partial charge on any atom is 0.335 e. The van der Waals surface area contributed by atoms with Gasteiger partial charge in [0.15, 0.2) is 0 Å². The van der Waals surface area contributed by atoms with Gasteiger partial charge in [-0.25, -0.2) is 4.79 Å². The molecule has 1 fully saturated rings. The van der Waals surface area contributed by atoms with Crippen LogP contribution in [0.3, 0.4) is 0 Å². The van der Waals surface area contributed by atoms with E-state index in [-0.39, 0.29) is 0 Å². The lowest BCUT2D eigenvalue weighted by atomic mass is 9.89. The number of hydrogen-bond donors (Lipinski definition) is 1. The van der Waals surface area contributed by atoms with Crippen LogP contribution in [0.4, 0.5) is 0 Å². The molecule has 1 aromatic rings. The molecule has 2 rings (SSSR count). The Labute approximate surface area is 128 Å². The van der Waals surface area contributed by atoms with Crippen LogP contribution in [0.5, 0.6) is 0 Å². The van der Waals surface area contributed by atoms with Crippen molar-refractivity contribution >= 4 is 21.9 Å². The largest absolute Gasteiger partial charge is 0.478 e. The standard InChI is InChI=1S/C16H20BrNO2/c1-12(17)7-9-18-8-3-6-15(11-18)13-4-2-5-14(10-13)16(19)20/h2,4-5,10,15H,1,3,6-9,11H2,(H,19,20). The number of carboxylic acids is 1. The van der Waals surface area contributed by atoms with Crippen LogP contribution in [-0.4, -0.2) is 35.6 Å². The van der Waals surface area contributed by atoms with Crippen molar-refractivity contribution in [3.05, 3.63) is 46.5 Å². The van der Waals surface area contributed by atoms with Gasteiger partial charge in [0.25, 0.3) is 0 Å². The maximum absolute atomic E-state index is 11.1. The summed E-state index contributed by atoms with van der Waals surface area (Å²) >= 11 is 3.40. The Kier molecular flexibility index (Phi) is 5.38. The number of hydrogen-bond acceptors (Lipinski definition) is 2. The number of benzene rings is 1. The average Bonchev–Trinajstić information content (AvgIpc) is 2.45. The van der Waals surface area contributed by atoms with Crippen LogP contribution in [0, 0.1) is 0 Å². The number of rotatable bonds is 5. The molecule has 4 heteroatoms. The van der Waals surface area contributed by atoms with Crippen LogP contribution in [0.1, 0.15) is 41.1 Å². The zero-order valence-corrected chi connectivity index (χ0v) is 13.1. The number of halogens is 1. The fourth-order valence-corrected chi connectivity index (χ4v) is 2.91. The molecule has 0 radical (unpaired) electrons. The first-order chi connectivity index (χ1) is 9.56. The first-order valence-corrected chi connectivity index (χ1v) is 7.74. The Morgan fingerprint density at radius 2 is 2.30 bits per heavy atom. The molecule has 1 unspecified atom stereocenters. The summed E-state index contributed by atoms with van der Waals surface area (Å²) in [5, 5.41) is 9.08. The minimum atomic E-state index is -0.852. The van der Waals surface area contributed by atoms with Crippen molar-refractivity contribution < 1.29 is 9.90 Å². The van der Waals surface area contributed by atoms with Crippen molar-refractivity contribution in [3.63, 3.8) is 0 Å². The number of carbonyl (C=O) groups is 1. The lowest BCUT2D eigenvalue weighted by Crippen LogP contribution is -2.35. The molecule has 0 aliphatic carbocycles. The molecule has 1 aliphatic heterocycles. The highest BCUT2D eigenvalue weighted by Gasteiger charge is 2.21. The van der Waals surface area contributed by atoms with Crippen LogP contribution in [0.15, 0.2) is 35.3 Å². The van der Waals surface area contributed by atoms with Gasteiger partial charge < -0.3 is 10.0 Å². The highest BCUT2D eigenvalue weighted by molar-refractivity contribution is 9.11. The predicted molar refractivity (Wildman–Crippen MR) is 84.5 cm³/mol. The van der Waals surface area contributed by atoms with Gasteiger partial charge in [-0.05, 0) is 53.9 Å². The summed E-state index contributed by atoms with van der Waals surface area (Å²) in [5.41, 5.74) is 1.53. The third-order valence-corrected chi connectivity index (χ3v) is 4.21. The van der Waals surface area contributed by atoms with Crippen LogP contribution < -0.4 is 0 Å². The first kappa shape index (κ1) is 15.3. The van der Waals surface area contributed by atoms with E-state index < -0.39 is 5.97 Å². The molecule has 20 heavy (non-hydrogen) atoms. The molecule has 0 amide bonds. The molecule has 0 spiro atoms. The van der Waals surface area contributed by atoms with E-state index in [9.17, 15) is 4.79 Å². The quantitative estimate of drug-likeness (QED) is 0.886. The van der Waals surface area contributed by atoms with E-state index >= 15 is 0 Å². The molecule has 1 N–H and O–H groups in total. The van der Waals surface area contributed by atoms with Crippen molar-refractivity contribution in [2.24, 2.45) is 0 Å². The van der Waals surface area contributed by atoms with Gasteiger partial charge in [0.1, 0.15) is 0 Å². The van der Waals surface area contributed by atoms with Crippen molar-refractivity contribution in [1.29, 1.82) is 0 Å². The summed E-state index contributed by atoms with van der Waals surface area (Å²) in [5.74, 6) is -0.415. The van der Waals surface area contributed by atoms with Crippen LogP contribution in [0.2, 0.25) is 0 Å². The van der Waals surface area contributed by atoms with E-state index in [4.69, 9.17) is 5.11 Å². The monoisotopic (exact) mass is 337 g/mol. The summed E-state index contributed by atoms with van der Waals surface area (Å²) in [6.07, 6.45) is 3.26.